The van der Waals surface area contributed by atoms with E-state index in [9.17, 15) is 14.4 Å². The van der Waals surface area contributed by atoms with Crippen molar-refractivity contribution in [2.45, 2.75) is 26.3 Å². The SMILES string of the molecule is CCC(=O)C(NC(=O)c1ccc(C)cc1)C(=O)O. The number of rotatable bonds is 5. The fraction of sp³-hybridized carbons (Fsp3) is 0.308. The quantitative estimate of drug-likeness (QED) is 0.767. The molecule has 0 radical (unpaired) electrons. The van der Waals surface area contributed by atoms with Crippen LogP contribution in [0.5, 0.6) is 0 Å². The van der Waals surface area contributed by atoms with Gasteiger partial charge in [0.25, 0.3) is 5.91 Å². The number of nitrogens with one attached hydrogen (secondary N) is 1. The van der Waals surface area contributed by atoms with Gasteiger partial charge in [-0.05, 0) is 19.1 Å². The summed E-state index contributed by atoms with van der Waals surface area (Å²) in [6, 6.07) is 5.17. The van der Waals surface area contributed by atoms with Gasteiger partial charge in [0.2, 0.25) is 0 Å². The van der Waals surface area contributed by atoms with Crippen LogP contribution in [0.4, 0.5) is 0 Å². The standard InChI is InChI=1S/C13H15NO4/c1-3-10(15)11(13(17)18)14-12(16)9-6-4-8(2)5-7-9/h4-7,11H,3H2,1-2H3,(H,14,16)(H,17,18). The molecule has 1 unspecified atom stereocenters. The summed E-state index contributed by atoms with van der Waals surface area (Å²) in [5.41, 5.74) is 1.32. The van der Waals surface area contributed by atoms with Crippen LogP contribution in [-0.4, -0.2) is 28.8 Å². The molecule has 0 bridgehead atoms. The van der Waals surface area contributed by atoms with Crippen molar-refractivity contribution in [1.82, 2.24) is 5.32 Å². The summed E-state index contributed by atoms with van der Waals surface area (Å²) in [4.78, 5) is 34.0. The van der Waals surface area contributed by atoms with Crippen LogP contribution in [0.3, 0.4) is 0 Å². The van der Waals surface area contributed by atoms with Gasteiger partial charge in [-0.1, -0.05) is 24.6 Å². The number of carbonyl (C=O) groups is 3. The topological polar surface area (TPSA) is 83.5 Å². The van der Waals surface area contributed by atoms with Gasteiger partial charge in [-0.3, -0.25) is 9.59 Å². The second-order valence-corrected chi connectivity index (χ2v) is 3.93. The Morgan fingerprint density at radius 1 is 1.22 bits per heavy atom. The number of carboxylic acid groups (broad SMARTS) is 1. The van der Waals surface area contributed by atoms with E-state index in [4.69, 9.17) is 5.11 Å². The van der Waals surface area contributed by atoms with Crippen molar-refractivity contribution in [2.24, 2.45) is 0 Å². The second kappa shape index (κ2) is 5.95. The highest BCUT2D eigenvalue weighted by Crippen LogP contribution is 2.04. The molecule has 5 nitrogen and oxygen atoms in total. The summed E-state index contributed by atoms with van der Waals surface area (Å²) in [6.45, 7) is 3.43. The van der Waals surface area contributed by atoms with Gasteiger partial charge in [0.15, 0.2) is 11.8 Å². The number of hydrogen-bond donors (Lipinski definition) is 2. The molecule has 0 spiro atoms. The average molecular weight is 249 g/mol. The Morgan fingerprint density at radius 3 is 2.22 bits per heavy atom. The maximum atomic E-state index is 11.8. The van der Waals surface area contributed by atoms with Gasteiger partial charge in [-0.25, -0.2) is 4.79 Å². The first kappa shape index (κ1) is 13.9. The van der Waals surface area contributed by atoms with Crippen LogP contribution in [0.25, 0.3) is 0 Å². The Hall–Kier alpha value is -2.17. The van der Waals surface area contributed by atoms with E-state index in [1.165, 1.54) is 0 Å². The predicted molar refractivity (Wildman–Crippen MR) is 65.4 cm³/mol. The molecule has 0 aromatic heterocycles. The molecule has 0 heterocycles. The predicted octanol–water partition coefficient (Wildman–Crippen LogP) is 1.16. The molecule has 0 aliphatic carbocycles. The molecule has 18 heavy (non-hydrogen) atoms. The molecule has 1 atom stereocenters. The maximum absolute atomic E-state index is 11.8. The van der Waals surface area contributed by atoms with Crippen molar-refractivity contribution >= 4 is 17.7 Å². The third kappa shape index (κ3) is 3.41. The number of carbonyl (C=O) groups excluding carboxylic acids is 2. The smallest absolute Gasteiger partial charge is 0.334 e. The fourth-order valence-electron chi connectivity index (χ4n) is 1.40. The highest BCUT2D eigenvalue weighted by molar-refractivity contribution is 6.07. The zero-order valence-corrected chi connectivity index (χ0v) is 10.3. The molecule has 5 heteroatoms. The van der Waals surface area contributed by atoms with Crippen molar-refractivity contribution < 1.29 is 19.5 Å². The maximum Gasteiger partial charge on any atom is 0.334 e. The van der Waals surface area contributed by atoms with Gasteiger partial charge in [-0.2, -0.15) is 0 Å². The third-order valence-corrected chi connectivity index (χ3v) is 2.51. The number of amides is 1. The molecule has 0 saturated carbocycles. The molecule has 1 aromatic carbocycles. The van der Waals surface area contributed by atoms with E-state index in [2.05, 4.69) is 5.32 Å². The highest BCUT2D eigenvalue weighted by Gasteiger charge is 2.26. The van der Waals surface area contributed by atoms with Crippen molar-refractivity contribution in [2.75, 3.05) is 0 Å². The Kier molecular flexibility index (Phi) is 4.59. The van der Waals surface area contributed by atoms with Crippen molar-refractivity contribution in [3.63, 3.8) is 0 Å². The molecule has 0 saturated heterocycles. The molecule has 2 N–H and O–H groups in total. The lowest BCUT2D eigenvalue weighted by Gasteiger charge is -2.12. The zero-order chi connectivity index (χ0) is 13.7. The van der Waals surface area contributed by atoms with Crippen LogP contribution < -0.4 is 5.32 Å². The number of carboxylic acids is 1. The molecular formula is C13H15NO4. The van der Waals surface area contributed by atoms with Crippen LogP contribution in [0.2, 0.25) is 0 Å². The van der Waals surface area contributed by atoms with E-state index in [1.54, 1.807) is 31.2 Å². The lowest BCUT2D eigenvalue weighted by molar-refractivity contribution is -0.143. The minimum absolute atomic E-state index is 0.0607. The normalized spacial score (nSPS) is 11.7. The lowest BCUT2D eigenvalue weighted by atomic mass is 10.1. The number of aryl methyl sites for hydroxylation is 1. The first-order chi connectivity index (χ1) is 8.45. The van der Waals surface area contributed by atoms with Gasteiger partial charge in [0.05, 0.1) is 0 Å². The average Bonchev–Trinajstić information content (AvgIpc) is 2.35. The molecular weight excluding hydrogens is 234 g/mol. The van der Waals surface area contributed by atoms with Crippen molar-refractivity contribution in [3.05, 3.63) is 35.4 Å². The van der Waals surface area contributed by atoms with Gasteiger partial charge in [-0.15, -0.1) is 0 Å². The van der Waals surface area contributed by atoms with Gasteiger partial charge >= 0.3 is 5.97 Å². The third-order valence-electron chi connectivity index (χ3n) is 2.51. The van der Waals surface area contributed by atoms with E-state index in [0.29, 0.717) is 5.56 Å². The van der Waals surface area contributed by atoms with Gasteiger partial charge in [0.1, 0.15) is 0 Å². The fourth-order valence-corrected chi connectivity index (χ4v) is 1.40. The number of ketones is 1. The van der Waals surface area contributed by atoms with Crippen LogP contribution in [0.1, 0.15) is 29.3 Å². The molecule has 96 valence electrons. The van der Waals surface area contributed by atoms with Crippen LogP contribution in [0.15, 0.2) is 24.3 Å². The second-order valence-electron chi connectivity index (χ2n) is 3.93. The summed E-state index contributed by atoms with van der Waals surface area (Å²) < 4.78 is 0. The Balaban J connectivity index is 2.82. The van der Waals surface area contributed by atoms with Crippen LogP contribution >= 0.6 is 0 Å². The van der Waals surface area contributed by atoms with Crippen molar-refractivity contribution in [3.8, 4) is 0 Å². The van der Waals surface area contributed by atoms with Gasteiger partial charge < -0.3 is 10.4 Å². The van der Waals surface area contributed by atoms with E-state index in [-0.39, 0.29) is 6.42 Å². The summed E-state index contributed by atoms with van der Waals surface area (Å²) in [7, 11) is 0. The zero-order valence-electron chi connectivity index (χ0n) is 10.3. The number of aliphatic carboxylic acids is 1. The van der Waals surface area contributed by atoms with Crippen LogP contribution in [-0.2, 0) is 9.59 Å². The minimum atomic E-state index is -1.48. The van der Waals surface area contributed by atoms with Crippen LogP contribution in [0, 0.1) is 6.92 Å². The van der Waals surface area contributed by atoms with E-state index >= 15 is 0 Å². The summed E-state index contributed by atoms with van der Waals surface area (Å²) in [5.74, 6) is -2.44. The van der Waals surface area contributed by atoms with Gasteiger partial charge in [0, 0.05) is 12.0 Å². The minimum Gasteiger partial charge on any atom is -0.479 e. The highest BCUT2D eigenvalue weighted by atomic mass is 16.4. The molecule has 0 aliphatic rings. The van der Waals surface area contributed by atoms with E-state index in [1.807, 2.05) is 6.92 Å². The summed E-state index contributed by atoms with van der Waals surface area (Å²) in [5, 5.41) is 11.1. The monoisotopic (exact) mass is 249 g/mol. The van der Waals surface area contributed by atoms with E-state index in [0.717, 1.165) is 5.56 Å². The molecule has 1 rings (SSSR count). The summed E-state index contributed by atoms with van der Waals surface area (Å²) in [6.07, 6.45) is 0.0607. The number of benzene rings is 1. The Bertz CT molecular complexity index is 464. The van der Waals surface area contributed by atoms with E-state index < -0.39 is 23.7 Å². The van der Waals surface area contributed by atoms with Crippen molar-refractivity contribution in [1.29, 1.82) is 0 Å². The largest absolute Gasteiger partial charge is 0.479 e. The molecule has 1 aromatic rings. The lowest BCUT2D eigenvalue weighted by Crippen LogP contribution is -2.46. The molecule has 0 fully saturated rings. The first-order valence-corrected chi connectivity index (χ1v) is 5.58. The Morgan fingerprint density at radius 2 is 1.78 bits per heavy atom. The molecule has 0 aliphatic heterocycles. The number of Topliss-reactive ketones (excluding diaryl/α,β-unsaturated/α-hetero) is 1. The first-order valence-electron chi connectivity index (χ1n) is 5.58. The Labute approximate surface area is 105 Å². The molecule has 1 amide bonds. The number of hydrogen-bond acceptors (Lipinski definition) is 3. The summed E-state index contributed by atoms with van der Waals surface area (Å²) >= 11 is 0.